The Balaban J connectivity index is 1.25. The first-order chi connectivity index (χ1) is 15.1. The summed E-state index contributed by atoms with van der Waals surface area (Å²) in [6.45, 7) is 1.56. The SMILES string of the molecule is O=C(COc1ccccc1O)N1CCN(C(=O)COc2cccc3ccccc23)CC1. The molecular weight excluding hydrogens is 396 g/mol. The first-order valence-corrected chi connectivity index (χ1v) is 10.2. The molecule has 3 aromatic carbocycles. The van der Waals surface area contributed by atoms with Gasteiger partial charge in [-0.25, -0.2) is 0 Å². The molecule has 0 spiro atoms. The smallest absolute Gasteiger partial charge is 0.260 e. The van der Waals surface area contributed by atoms with Gasteiger partial charge in [0.1, 0.15) is 5.75 Å². The lowest BCUT2D eigenvalue weighted by Gasteiger charge is -2.34. The highest BCUT2D eigenvalue weighted by Gasteiger charge is 2.24. The van der Waals surface area contributed by atoms with E-state index in [4.69, 9.17) is 9.47 Å². The molecule has 0 bridgehead atoms. The molecule has 1 saturated heterocycles. The van der Waals surface area contributed by atoms with Gasteiger partial charge in [-0.2, -0.15) is 0 Å². The summed E-state index contributed by atoms with van der Waals surface area (Å²) in [4.78, 5) is 28.3. The van der Waals surface area contributed by atoms with Crippen molar-refractivity contribution in [3.05, 3.63) is 66.7 Å². The predicted octanol–water partition coefficient (Wildman–Crippen LogP) is 2.67. The fourth-order valence-electron chi connectivity index (χ4n) is 3.57. The van der Waals surface area contributed by atoms with Crippen LogP contribution in [0.4, 0.5) is 0 Å². The predicted molar refractivity (Wildman–Crippen MR) is 116 cm³/mol. The zero-order valence-corrected chi connectivity index (χ0v) is 17.1. The number of hydrogen-bond donors (Lipinski definition) is 1. The Morgan fingerprint density at radius 1 is 0.710 bits per heavy atom. The molecule has 0 saturated carbocycles. The molecule has 0 aliphatic carbocycles. The van der Waals surface area contributed by atoms with Crippen LogP contribution in [0, 0.1) is 0 Å². The largest absolute Gasteiger partial charge is 0.504 e. The standard InChI is InChI=1S/C24H24N2O5/c27-20-9-3-4-10-22(20)31-17-24(29)26-14-12-25(13-15-26)23(28)16-30-21-11-5-7-18-6-1-2-8-19(18)21/h1-11,27H,12-17H2. The van der Waals surface area contributed by atoms with Gasteiger partial charge < -0.3 is 24.4 Å². The quantitative estimate of drug-likeness (QED) is 0.663. The van der Waals surface area contributed by atoms with Crippen molar-refractivity contribution in [2.75, 3.05) is 39.4 Å². The van der Waals surface area contributed by atoms with Gasteiger partial charge in [-0.05, 0) is 23.6 Å². The van der Waals surface area contributed by atoms with Crippen molar-refractivity contribution in [3.63, 3.8) is 0 Å². The van der Waals surface area contributed by atoms with E-state index in [1.807, 2.05) is 42.5 Å². The van der Waals surface area contributed by atoms with Crippen LogP contribution < -0.4 is 9.47 Å². The number of ether oxygens (including phenoxy) is 2. The van der Waals surface area contributed by atoms with Gasteiger partial charge in [0.2, 0.25) is 0 Å². The number of phenolic OH excluding ortho intramolecular Hbond substituents is 1. The summed E-state index contributed by atoms with van der Waals surface area (Å²) >= 11 is 0. The molecule has 0 unspecified atom stereocenters. The van der Waals surface area contributed by atoms with Crippen LogP contribution in [0.5, 0.6) is 17.2 Å². The highest BCUT2D eigenvalue weighted by atomic mass is 16.5. The van der Waals surface area contributed by atoms with Crippen LogP contribution in [-0.2, 0) is 9.59 Å². The number of phenols is 1. The van der Waals surface area contributed by atoms with E-state index in [2.05, 4.69) is 0 Å². The van der Waals surface area contributed by atoms with Gasteiger partial charge in [0.25, 0.3) is 11.8 Å². The molecule has 7 heteroatoms. The molecular formula is C24H24N2O5. The van der Waals surface area contributed by atoms with E-state index in [1.54, 1.807) is 28.0 Å². The van der Waals surface area contributed by atoms with E-state index in [1.165, 1.54) is 6.07 Å². The summed E-state index contributed by atoms with van der Waals surface area (Å²) in [5, 5.41) is 11.7. The van der Waals surface area contributed by atoms with Gasteiger partial charge in [0, 0.05) is 31.6 Å². The maximum atomic E-state index is 12.6. The monoisotopic (exact) mass is 420 g/mol. The number of benzene rings is 3. The Morgan fingerprint density at radius 2 is 1.23 bits per heavy atom. The van der Waals surface area contributed by atoms with Crippen LogP contribution in [0.3, 0.4) is 0 Å². The van der Waals surface area contributed by atoms with Crippen molar-refractivity contribution >= 4 is 22.6 Å². The van der Waals surface area contributed by atoms with Crippen molar-refractivity contribution in [2.45, 2.75) is 0 Å². The van der Waals surface area contributed by atoms with Crippen molar-refractivity contribution in [1.82, 2.24) is 9.80 Å². The summed E-state index contributed by atoms with van der Waals surface area (Å²) in [7, 11) is 0. The number of carbonyl (C=O) groups excluding carboxylic acids is 2. The second kappa shape index (κ2) is 9.38. The minimum absolute atomic E-state index is 0.00286. The zero-order valence-electron chi connectivity index (χ0n) is 17.1. The van der Waals surface area contributed by atoms with Gasteiger partial charge in [0.05, 0.1) is 0 Å². The molecule has 1 fully saturated rings. The summed E-state index contributed by atoms with van der Waals surface area (Å²) in [6.07, 6.45) is 0. The third-order valence-corrected chi connectivity index (χ3v) is 5.30. The molecule has 1 aliphatic heterocycles. The number of carbonyl (C=O) groups is 2. The highest BCUT2D eigenvalue weighted by Crippen LogP contribution is 2.25. The van der Waals surface area contributed by atoms with E-state index in [0.29, 0.717) is 31.9 Å². The van der Waals surface area contributed by atoms with Gasteiger partial charge in [-0.1, -0.05) is 48.5 Å². The van der Waals surface area contributed by atoms with E-state index >= 15 is 0 Å². The number of aromatic hydroxyl groups is 1. The number of nitrogens with zero attached hydrogens (tertiary/aromatic N) is 2. The number of para-hydroxylation sites is 2. The molecule has 7 nitrogen and oxygen atoms in total. The van der Waals surface area contributed by atoms with Crippen molar-refractivity contribution in [2.24, 2.45) is 0 Å². The van der Waals surface area contributed by atoms with Crippen LogP contribution in [0.15, 0.2) is 66.7 Å². The van der Waals surface area contributed by atoms with Crippen LogP contribution in [0.1, 0.15) is 0 Å². The number of amides is 2. The first kappa shape index (κ1) is 20.5. The zero-order chi connectivity index (χ0) is 21.6. The summed E-state index contributed by atoms with van der Waals surface area (Å²) in [6, 6.07) is 20.2. The average molecular weight is 420 g/mol. The topological polar surface area (TPSA) is 79.3 Å². The number of piperazine rings is 1. The lowest BCUT2D eigenvalue weighted by atomic mass is 10.1. The third kappa shape index (κ3) is 4.88. The van der Waals surface area contributed by atoms with E-state index < -0.39 is 0 Å². The molecule has 3 aromatic rings. The molecule has 4 rings (SSSR count). The fourth-order valence-corrected chi connectivity index (χ4v) is 3.57. The molecule has 0 atom stereocenters. The Kier molecular flexibility index (Phi) is 6.21. The maximum Gasteiger partial charge on any atom is 0.260 e. The molecule has 160 valence electrons. The van der Waals surface area contributed by atoms with Crippen molar-refractivity contribution in [1.29, 1.82) is 0 Å². The second-order valence-corrected chi connectivity index (χ2v) is 7.28. The Bertz CT molecular complexity index is 1070. The van der Waals surface area contributed by atoms with Gasteiger partial charge in [-0.15, -0.1) is 0 Å². The minimum atomic E-state index is -0.178. The van der Waals surface area contributed by atoms with Crippen LogP contribution >= 0.6 is 0 Å². The third-order valence-electron chi connectivity index (χ3n) is 5.30. The lowest BCUT2D eigenvalue weighted by molar-refractivity contribution is -0.141. The number of hydrogen-bond acceptors (Lipinski definition) is 5. The average Bonchev–Trinajstić information content (AvgIpc) is 2.82. The van der Waals surface area contributed by atoms with E-state index in [0.717, 1.165) is 10.8 Å². The lowest BCUT2D eigenvalue weighted by Crippen LogP contribution is -2.52. The molecule has 0 aromatic heterocycles. The van der Waals surface area contributed by atoms with E-state index in [9.17, 15) is 14.7 Å². The minimum Gasteiger partial charge on any atom is -0.504 e. The number of fused-ring (bicyclic) bond motifs is 1. The van der Waals surface area contributed by atoms with Crippen LogP contribution in [0.25, 0.3) is 10.8 Å². The molecule has 2 amide bonds. The highest BCUT2D eigenvalue weighted by molar-refractivity contribution is 5.88. The second-order valence-electron chi connectivity index (χ2n) is 7.28. The molecule has 1 heterocycles. The molecule has 0 radical (unpaired) electrons. The van der Waals surface area contributed by atoms with Crippen molar-refractivity contribution < 1.29 is 24.2 Å². The summed E-state index contributed by atoms with van der Waals surface area (Å²) < 4.78 is 11.2. The van der Waals surface area contributed by atoms with E-state index in [-0.39, 0.29) is 36.5 Å². The fraction of sp³-hybridized carbons (Fsp3) is 0.250. The van der Waals surface area contributed by atoms with Crippen molar-refractivity contribution in [3.8, 4) is 17.2 Å². The Labute approximate surface area is 180 Å². The maximum absolute atomic E-state index is 12.6. The Morgan fingerprint density at radius 3 is 1.90 bits per heavy atom. The molecule has 1 aliphatic rings. The van der Waals surface area contributed by atoms with Crippen LogP contribution in [-0.4, -0.2) is 66.1 Å². The van der Waals surface area contributed by atoms with Gasteiger partial charge in [-0.3, -0.25) is 9.59 Å². The summed E-state index contributed by atoms with van der Waals surface area (Å²) in [5.74, 6) is 0.668. The normalized spacial score (nSPS) is 13.8. The number of rotatable bonds is 6. The van der Waals surface area contributed by atoms with Crippen LogP contribution in [0.2, 0.25) is 0 Å². The first-order valence-electron chi connectivity index (χ1n) is 10.2. The van der Waals surface area contributed by atoms with Gasteiger partial charge in [0.15, 0.2) is 24.7 Å². The molecule has 31 heavy (non-hydrogen) atoms. The Hall–Kier alpha value is -3.74. The summed E-state index contributed by atoms with van der Waals surface area (Å²) in [5.41, 5.74) is 0. The molecule has 1 N–H and O–H groups in total. The van der Waals surface area contributed by atoms with Gasteiger partial charge >= 0.3 is 0 Å².